The summed E-state index contributed by atoms with van der Waals surface area (Å²) in [5.41, 5.74) is 6.43. The Morgan fingerprint density at radius 1 is 1.41 bits per heavy atom. The maximum atomic E-state index is 5.85. The number of anilines is 1. The van der Waals surface area contributed by atoms with Gasteiger partial charge < -0.3 is 10.7 Å². The van der Waals surface area contributed by atoms with Crippen LogP contribution in [0.1, 0.15) is 6.92 Å². The molecule has 0 aliphatic rings. The molecule has 0 fully saturated rings. The molecule has 1 aromatic rings. The number of nitrogens with one attached hydrogen (secondary N) is 3. The van der Waals surface area contributed by atoms with Gasteiger partial charge in [-0.2, -0.15) is 0 Å². The smallest absolute Gasteiger partial charge is 0.194 e. The van der Waals surface area contributed by atoms with E-state index in [0.29, 0.717) is 15.2 Å². The van der Waals surface area contributed by atoms with Crippen molar-refractivity contribution in [3.05, 3.63) is 28.2 Å². The Morgan fingerprint density at radius 3 is 2.82 bits per heavy atom. The van der Waals surface area contributed by atoms with Crippen LogP contribution in [0.5, 0.6) is 0 Å². The molecule has 4 nitrogen and oxygen atoms in total. The van der Waals surface area contributed by atoms with Crippen molar-refractivity contribution in [3.63, 3.8) is 0 Å². The second kappa shape index (κ2) is 7.32. The molecule has 0 amide bonds. The quantitative estimate of drug-likeness (QED) is 0.345. The molecule has 1 aromatic carbocycles. The fourth-order valence-corrected chi connectivity index (χ4v) is 1.47. The molecular formula is C10H12Cl2N4S. The Hall–Kier alpha value is -1.04. The maximum absolute atomic E-state index is 5.85. The summed E-state index contributed by atoms with van der Waals surface area (Å²) >= 11 is 16.5. The lowest BCUT2D eigenvalue weighted by Crippen LogP contribution is -2.23. The van der Waals surface area contributed by atoms with Gasteiger partial charge in [0.25, 0.3) is 0 Å². The molecule has 0 unspecified atom stereocenters. The van der Waals surface area contributed by atoms with Crippen molar-refractivity contribution in [1.82, 2.24) is 10.7 Å². The average Bonchev–Trinajstić information content (AvgIpc) is 2.29. The van der Waals surface area contributed by atoms with Gasteiger partial charge in [0, 0.05) is 6.54 Å². The summed E-state index contributed by atoms with van der Waals surface area (Å²) in [6.07, 6.45) is 1.45. The minimum Gasteiger partial charge on any atom is -0.361 e. The molecule has 1 rings (SSSR count). The molecule has 0 atom stereocenters. The van der Waals surface area contributed by atoms with Crippen LogP contribution < -0.4 is 16.2 Å². The van der Waals surface area contributed by atoms with E-state index in [1.54, 1.807) is 18.2 Å². The third-order valence-corrected chi connectivity index (χ3v) is 2.70. The molecule has 92 valence electrons. The van der Waals surface area contributed by atoms with E-state index in [-0.39, 0.29) is 0 Å². The Morgan fingerprint density at radius 2 is 2.18 bits per heavy atom. The van der Waals surface area contributed by atoms with Crippen LogP contribution in [0.25, 0.3) is 0 Å². The molecule has 0 heterocycles. The van der Waals surface area contributed by atoms with Gasteiger partial charge in [-0.3, -0.25) is 5.43 Å². The number of hydrogen-bond acceptors (Lipinski definition) is 2. The second-order valence-corrected chi connectivity index (χ2v) is 4.19. The molecule has 0 aliphatic carbocycles. The number of benzene rings is 1. The van der Waals surface area contributed by atoms with E-state index < -0.39 is 0 Å². The number of rotatable bonds is 4. The van der Waals surface area contributed by atoms with Crippen molar-refractivity contribution in [2.45, 2.75) is 6.92 Å². The van der Waals surface area contributed by atoms with Crippen LogP contribution in [0.15, 0.2) is 23.2 Å². The molecule has 0 radical (unpaired) electrons. The van der Waals surface area contributed by atoms with Gasteiger partial charge in [0.1, 0.15) is 6.34 Å². The van der Waals surface area contributed by atoms with Gasteiger partial charge in [-0.1, -0.05) is 23.2 Å². The van der Waals surface area contributed by atoms with Crippen molar-refractivity contribution < 1.29 is 0 Å². The largest absolute Gasteiger partial charge is 0.361 e. The predicted octanol–water partition coefficient (Wildman–Crippen LogP) is 2.83. The highest BCUT2D eigenvalue weighted by atomic mass is 35.5. The number of aliphatic imine (C=N–C) groups is 1. The van der Waals surface area contributed by atoms with Crippen LogP contribution in [0.3, 0.4) is 0 Å². The summed E-state index contributed by atoms with van der Waals surface area (Å²) in [5.74, 6) is 0. The van der Waals surface area contributed by atoms with E-state index >= 15 is 0 Å². The number of thiocarbonyl (C=S) groups is 1. The molecule has 7 heteroatoms. The fraction of sp³-hybridized carbons (Fsp3) is 0.200. The van der Waals surface area contributed by atoms with Crippen LogP contribution >= 0.6 is 35.4 Å². The summed E-state index contributed by atoms with van der Waals surface area (Å²) in [4.78, 5) is 3.93. The third kappa shape index (κ3) is 5.21. The Labute approximate surface area is 115 Å². The minimum absolute atomic E-state index is 0.427. The van der Waals surface area contributed by atoms with Gasteiger partial charge >= 0.3 is 0 Å². The molecule has 0 aliphatic heterocycles. The standard InChI is InChI=1S/C10H12Cl2N4S/c1-2-13-10(17)14-6-15-16-7-3-4-8(11)9(12)5-7/h3-6,16H,2H2,1H3,(H2,13,14,15,17). The predicted molar refractivity (Wildman–Crippen MR) is 78.0 cm³/mol. The highest BCUT2D eigenvalue weighted by molar-refractivity contribution is 7.80. The summed E-state index contributed by atoms with van der Waals surface area (Å²) in [7, 11) is 0. The van der Waals surface area contributed by atoms with Gasteiger partial charge in [0.15, 0.2) is 5.11 Å². The van der Waals surface area contributed by atoms with Gasteiger partial charge in [0.2, 0.25) is 0 Å². The Kier molecular flexibility index (Phi) is 6.04. The Bertz CT molecular complexity index is 423. The van der Waals surface area contributed by atoms with Crippen molar-refractivity contribution in [2.24, 2.45) is 4.99 Å². The first-order chi connectivity index (χ1) is 8.13. The van der Waals surface area contributed by atoms with Crippen LogP contribution in [-0.2, 0) is 0 Å². The van der Waals surface area contributed by atoms with E-state index in [9.17, 15) is 0 Å². The molecule has 3 N–H and O–H groups in total. The summed E-state index contributed by atoms with van der Waals surface area (Å²) in [6.45, 7) is 2.69. The second-order valence-electron chi connectivity index (χ2n) is 2.99. The van der Waals surface area contributed by atoms with E-state index in [4.69, 9.17) is 35.4 Å². The first-order valence-corrected chi connectivity index (χ1v) is 6.07. The van der Waals surface area contributed by atoms with Crippen LogP contribution in [-0.4, -0.2) is 18.0 Å². The fourth-order valence-electron chi connectivity index (χ4n) is 0.977. The van der Waals surface area contributed by atoms with Crippen LogP contribution in [0.2, 0.25) is 10.0 Å². The van der Waals surface area contributed by atoms with Crippen molar-refractivity contribution >= 4 is 52.6 Å². The number of nitrogens with zero attached hydrogens (tertiary/aromatic N) is 1. The van der Waals surface area contributed by atoms with Crippen molar-refractivity contribution in [3.8, 4) is 0 Å². The van der Waals surface area contributed by atoms with Crippen LogP contribution in [0.4, 0.5) is 5.69 Å². The average molecular weight is 291 g/mol. The van der Waals surface area contributed by atoms with Crippen molar-refractivity contribution in [1.29, 1.82) is 0 Å². The summed E-state index contributed by atoms with van der Waals surface area (Å²) < 4.78 is 0. The summed E-state index contributed by atoms with van der Waals surface area (Å²) in [6, 6.07) is 5.19. The van der Waals surface area contributed by atoms with E-state index in [1.807, 2.05) is 6.92 Å². The third-order valence-electron chi connectivity index (χ3n) is 1.71. The van der Waals surface area contributed by atoms with E-state index in [0.717, 1.165) is 12.2 Å². The Balaban J connectivity index is 2.40. The molecular weight excluding hydrogens is 279 g/mol. The van der Waals surface area contributed by atoms with Gasteiger partial charge in [-0.25, -0.2) is 4.99 Å². The van der Waals surface area contributed by atoms with Gasteiger partial charge in [-0.15, -0.1) is 0 Å². The zero-order valence-corrected chi connectivity index (χ0v) is 11.5. The SMILES string of the molecule is CCNC(=S)/N=C/NNc1ccc(Cl)c(Cl)c1. The maximum Gasteiger partial charge on any atom is 0.194 e. The van der Waals surface area contributed by atoms with Gasteiger partial charge in [-0.05, 0) is 37.3 Å². The first kappa shape index (κ1) is 14.0. The molecule has 0 saturated heterocycles. The number of hydrazine groups is 1. The number of hydrogen-bond donors (Lipinski definition) is 3. The molecule has 0 spiro atoms. The topological polar surface area (TPSA) is 48.5 Å². The molecule has 17 heavy (non-hydrogen) atoms. The van der Waals surface area contributed by atoms with E-state index in [2.05, 4.69) is 21.2 Å². The zero-order valence-electron chi connectivity index (χ0n) is 9.13. The van der Waals surface area contributed by atoms with E-state index in [1.165, 1.54) is 6.34 Å². The molecule has 0 bridgehead atoms. The molecule has 0 saturated carbocycles. The lowest BCUT2D eigenvalue weighted by Gasteiger charge is -2.06. The summed E-state index contributed by atoms with van der Waals surface area (Å²) in [5, 5.41) is 4.31. The zero-order chi connectivity index (χ0) is 12.7. The van der Waals surface area contributed by atoms with Crippen LogP contribution in [0, 0.1) is 0 Å². The lowest BCUT2D eigenvalue weighted by atomic mass is 10.3. The molecule has 0 aromatic heterocycles. The number of halogens is 2. The van der Waals surface area contributed by atoms with Gasteiger partial charge in [0.05, 0.1) is 15.7 Å². The van der Waals surface area contributed by atoms with Crippen molar-refractivity contribution in [2.75, 3.05) is 12.0 Å². The lowest BCUT2D eigenvalue weighted by molar-refractivity contribution is 0.972. The highest BCUT2D eigenvalue weighted by Crippen LogP contribution is 2.24. The monoisotopic (exact) mass is 290 g/mol. The normalized spacial score (nSPS) is 10.3. The first-order valence-electron chi connectivity index (χ1n) is 4.90. The highest BCUT2D eigenvalue weighted by Gasteiger charge is 1.97. The minimum atomic E-state index is 0.427.